The van der Waals surface area contributed by atoms with E-state index in [4.69, 9.17) is 19.0 Å². The molecule has 8 heteroatoms. The zero-order valence-corrected chi connectivity index (χ0v) is 21.4. The van der Waals surface area contributed by atoms with E-state index in [9.17, 15) is 10.1 Å². The third kappa shape index (κ3) is 6.55. The lowest BCUT2D eigenvalue weighted by Gasteiger charge is -2.23. The second-order valence-corrected chi connectivity index (χ2v) is 8.84. The van der Waals surface area contributed by atoms with Crippen LogP contribution in [0.2, 0.25) is 0 Å². The Hall–Kier alpha value is -4.82. The molecule has 1 heterocycles. The molecule has 1 atom stereocenters. The molecule has 0 N–H and O–H groups in total. The molecule has 5 rings (SSSR count). The molecule has 1 aliphatic heterocycles. The molecule has 0 radical (unpaired) electrons. The van der Waals surface area contributed by atoms with Gasteiger partial charge in [-0.25, -0.2) is 0 Å². The largest absolute Gasteiger partial charge is 0.489 e. The molecule has 1 aliphatic rings. The first kappa shape index (κ1) is 25.8. The van der Waals surface area contributed by atoms with Crippen molar-refractivity contribution in [3.63, 3.8) is 0 Å². The van der Waals surface area contributed by atoms with Crippen molar-refractivity contribution < 1.29 is 24.0 Å². The molecule has 0 aromatic heterocycles. The van der Waals surface area contributed by atoms with Crippen LogP contribution in [0.5, 0.6) is 23.0 Å². The maximum atomic E-state index is 11.1. The summed E-state index contributed by atoms with van der Waals surface area (Å²) in [6, 6.07) is 29.3. The Labute approximate surface area is 226 Å². The molecule has 0 spiro atoms. The van der Waals surface area contributed by atoms with Crippen LogP contribution in [0.3, 0.4) is 0 Å². The van der Waals surface area contributed by atoms with E-state index in [0.717, 1.165) is 11.1 Å². The number of hydrogen-bond donors (Lipinski definition) is 0. The van der Waals surface area contributed by atoms with E-state index < -0.39 is 11.0 Å². The molecule has 1 unspecified atom stereocenters. The normalized spacial score (nSPS) is 14.3. The van der Waals surface area contributed by atoms with E-state index in [-0.39, 0.29) is 5.69 Å². The number of ether oxygens (including phenoxy) is 3. The van der Waals surface area contributed by atoms with Crippen molar-refractivity contribution in [1.29, 1.82) is 0 Å². The van der Waals surface area contributed by atoms with Crippen molar-refractivity contribution in [1.82, 2.24) is 5.06 Å². The van der Waals surface area contributed by atoms with Gasteiger partial charge in [-0.1, -0.05) is 60.7 Å². The average molecular weight is 525 g/mol. The van der Waals surface area contributed by atoms with Gasteiger partial charge in [0.05, 0.1) is 10.5 Å². The molecule has 0 saturated carbocycles. The number of nitro benzene ring substituents is 1. The van der Waals surface area contributed by atoms with Gasteiger partial charge in [0.25, 0.3) is 5.69 Å². The van der Waals surface area contributed by atoms with E-state index >= 15 is 0 Å². The minimum Gasteiger partial charge on any atom is -0.489 e. The van der Waals surface area contributed by atoms with Crippen molar-refractivity contribution in [2.24, 2.45) is 0 Å². The van der Waals surface area contributed by atoms with Crippen LogP contribution in [0.15, 0.2) is 109 Å². The van der Waals surface area contributed by atoms with Crippen molar-refractivity contribution in [2.75, 3.05) is 6.54 Å². The number of non-ortho nitro benzene ring substituents is 1. The molecule has 39 heavy (non-hydrogen) atoms. The minimum absolute atomic E-state index is 0.0185. The molecule has 4 aromatic rings. The van der Waals surface area contributed by atoms with Gasteiger partial charge in [-0.2, -0.15) is 0 Å². The van der Waals surface area contributed by atoms with Gasteiger partial charge < -0.3 is 14.2 Å². The number of nitro groups is 1. The third-order valence-corrected chi connectivity index (χ3v) is 6.11. The zero-order chi connectivity index (χ0) is 27.0. The molecular formula is C31H28N2O6. The van der Waals surface area contributed by atoms with Crippen LogP contribution in [0, 0.1) is 10.1 Å². The van der Waals surface area contributed by atoms with Crippen molar-refractivity contribution in [2.45, 2.75) is 26.2 Å². The van der Waals surface area contributed by atoms with Gasteiger partial charge in [-0.15, -0.1) is 0 Å². The fourth-order valence-corrected chi connectivity index (χ4v) is 4.10. The summed E-state index contributed by atoms with van der Waals surface area (Å²) in [5.41, 5.74) is 2.69. The zero-order valence-electron chi connectivity index (χ0n) is 21.4. The number of nitrogens with zero attached hydrogens (tertiary/aromatic N) is 2. The summed E-state index contributed by atoms with van der Waals surface area (Å²) in [5, 5.41) is 12.9. The van der Waals surface area contributed by atoms with Crippen LogP contribution in [-0.2, 0) is 18.1 Å². The Morgan fingerprint density at radius 3 is 2.03 bits per heavy atom. The van der Waals surface area contributed by atoms with Gasteiger partial charge in [0.15, 0.2) is 0 Å². The quantitative estimate of drug-likeness (QED) is 0.150. The fourth-order valence-electron chi connectivity index (χ4n) is 4.10. The number of benzene rings is 4. The highest BCUT2D eigenvalue weighted by atomic mass is 16.7. The summed E-state index contributed by atoms with van der Waals surface area (Å²) in [7, 11) is 0. The summed E-state index contributed by atoms with van der Waals surface area (Å²) < 4.78 is 18.8. The van der Waals surface area contributed by atoms with Crippen LogP contribution in [0.1, 0.15) is 29.7 Å². The number of hydrogen-bond acceptors (Lipinski definition) is 7. The van der Waals surface area contributed by atoms with Crippen LogP contribution in [-0.4, -0.2) is 16.5 Å². The van der Waals surface area contributed by atoms with Gasteiger partial charge >= 0.3 is 0 Å². The highest BCUT2D eigenvalue weighted by Gasteiger charge is 2.28. The molecule has 0 fully saturated rings. The molecule has 0 aliphatic carbocycles. The molecule has 0 amide bonds. The van der Waals surface area contributed by atoms with Gasteiger partial charge in [0, 0.05) is 37.0 Å². The first-order valence-corrected chi connectivity index (χ1v) is 12.6. The number of hydroxylamine groups is 2. The standard InChI is InChI=1S/C31H28N2O6/c1-2-32-18-17-28(39-32)31-29(37-22-24-11-7-4-8-12-24)19-27(36-21-23-9-5-3-6-10-23)20-30(31)38-26-15-13-25(14-16-26)33(34)35/h3-20,28H,2,21-22H2,1H3. The summed E-state index contributed by atoms with van der Waals surface area (Å²) >= 11 is 0. The van der Waals surface area contributed by atoms with Gasteiger partial charge in [-0.05, 0) is 36.3 Å². The van der Waals surface area contributed by atoms with E-state index in [1.807, 2.05) is 85.9 Å². The summed E-state index contributed by atoms with van der Waals surface area (Å²) in [6.45, 7) is 3.36. The summed E-state index contributed by atoms with van der Waals surface area (Å²) in [5.74, 6) is 2.00. The van der Waals surface area contributed by atoms with Gasteiger partial charge in [0.1, 0.15) is 42.3 Å². The van der Waals surface area contributed by atoms with Crippen molar-refractivity contribution >= 4 is 5.69 Å². The maximum Gasteiger partial charge on any atom is 0.269 e. The smallest absolute Gasteiger partial charge is 0.269 e. The average Bonchev–Trinajstić information content (AvgIpc) is 3.45. The Morgan fingerprint density at radius 1 is 0.821 bits per heavy atom. The van der Waals surface area contributed by atoms with Gasteiger partial charge in [-0.3, -0.25) is 20.0 Å². The lowest BCUT2D eigenvalue weighted by atomic mass is 10.1. The Kier molecular flexibility index (Phi) is 8.04. The first-order chi connectivity index (χ1) is 19.1. The first-order valence-electron chi connectivity index (χ1n) is 12.6. The van der Waals surface area contributed by atoms with Crippen LogP contribution in [0.25, 0.3) is 0 Å². The van der Waals surface area contributed by atoms with Crippen molar-refractivity contribution in [3.8, 4) is 23.0 Å². The SMILES string of the molecule is CCN1C=CC(c2c(OCc3ccccc3)cc(OCc3ccccc3)cc2Oc2ccc([N+](=O)[O-])cc2)O1. The van der Waals surface area contributed by atoms with Crippen molar-refractivity contribution in [3.05, 3.63) is 136 Å². The second kappa shape index (κ2) is 12.1. The number of rotatable bonds is 11. The monoisotopic (exact) mass is 524 g/mol. The third-order valence-electron chi connectivity index (χ3n) is 6.11. The lowest BCUT2D eigenvalue weighted by Crippen LogP contribution is -2.15. The van der Waals surface area contributed by atoms with Gasteiger partial charge in [0.2, 0.25) is 0 Å². The Morgan fingerprint density at radius 2 is 1.44 bits per heavy atom. The maximum absolute atomic E-state index is 11.1. The van der Waals surface area contributed by atoms with E-state index in [1.165, 1.54) is 12.1 Å². The van der Waals surface area contributed by atoms with E-state index in [1.54, 1.807) is 23.3 Å². The second-order valence-electron chi connectivity index (χ2n) is 8.84. The molecule has 8 nitrogen and oxygen atoms in total. The molecular weight excluding hydrogens is 496 g/mol. The molecule has 0 bridgehead atoms. The lowest BCUT2D eigenvalue weighted by molar-refractivity contribution is -0.384. The minimum atomic E-state index is -0.466. The highest BCUT2D eigenvalue weighted by Crippen LogP contribution is 2.44. The summed E-state index contributed by atoms with van der Waals surface area (Å²) in [4.78, 5) is 16.8. The summed E-state index contributed by atoms with van der Waals surface area (Å²) in [6.07, 6.45) is 3.34. The van der Waals surface area contributed by atoms with E-state index in [2.05, 4.69) is 0 Å². The molecule has 0 saturated heterocycles. The Balaban J connectivity index is 1.52. The molecule has 4 aromatic carbocycles. The van der Waals surface area contributed by atoms with E-state index in [0.29, 0.717) is 48.3 Å². The highest BCUT2D eigenvalue weighted by molar-refractivity contribution is 5.55. The Bertz CT molecular complexity index is 1430. The predicted octanol–water partition coefficient (Wildman–Crippen LogP) is 7.37. The topological polar surface area (TPSA) is 83.3 Å². The van der Waals surface area contributed by atoms with Crippen LogP contribution < -0.4 is 14.2 Å². The van der Waals surface area contributed by atoms with Crippen LogP contribution >= 0.6 is 0 Å². The molecule has 198 valence electrons. The van der Waals surface area contributed by atoms with Crippen LogP contribution in [0.4, 0.5) is 5.69 Å². The fraction of sp³-hybridized carbons (Fsp3) is 0.161. The predicted molar refractivity (Wildman–Crippen MR) is 147 cm³/mol.